The predicted octanol–water partition coefficient (Wildman–Crippen LogP) is -0.423. The molecular weight excluding hydrogens is 322 g/mol. The largest absolute Gasteiger partial charge is 1.00 e. The smallest absolute Gasteiger partial charge is 0.130 e. The normalized spacial score (nSPS) is 13.1. The van der Waals surface area contributed by atoms with Crippen LogP contribution in [0.3, 0.4) is 0 Å². The number of phenolic OH excluding ortho intramolecular Hbond substituents is 1. The number of hydrogen-bond donors (Lipinski definition) is 3. The highest BCUT2D eigenvalue weighted by Gasteiger charge is 2.19. The summed E-state index contributed by atoms with van der Waals surface area (Å²) < 4.78 is 0. The maximum absolute atomic E-state index is 10.5. The van der Waals surface area contributed by atoms with Gasteiger partial charge in [0.15, 0.2) is 0 Å². The first kappa shape index (κ1) is 20.5. The highest BCUT2D eigenvalue weighted by molar-refractivity contribution is 5.37. The molecule has 2 aromatic carbocycles. The lowest BCUT2D eigenvalue weighted by Gasteiger charge is -2.19. The first-order valence-electron chi connectivity index (χ1n) is 8.49. The molecule has 132 valence electrons. The molecule has 2 rings (SSSR count). The Labute approximate surface area is 151 Å². The minimum Gasteiger partial charge on any atom is -1.00 e. The van der Waals surface area contributed by atoms with Crippen molar-refractivity contribution in [3.63, 3.8) is 0 Å². The zero-order valence-electron chi connectivity index (χ0n) is 14.5. The van der Waals surface area contributed by atoms with E-state index in [4.69, 9.17) is 0 Å². The molecule has 0 spiro atoms. The Morgan fingerprint density at radius 1 is 1.08 bits per heavy atom. The molecule has 0 aromatic heterocycles. The van der Waals surface area contributed by atoms with Gasteiger partial charge in [0.1, 0.15) is 17.9 Å². The average Bonchev–Trinajstić information content (AvgIpc) is 2.59. The summed E-state index contributed by atoms with van der Waals surface area (Å²) >= 11 is 0. The van der Waals surface area contributed by atoms with E-state index >= 15 is 0 Å². The summed E-state index contributed by atoms with van der Waals surface area (Å²) in [6.45, 7) is 5.04. The second-order valence-electron chi connectivity index (χ2n) is 6.16. The van der Waals surface area contributed by atoms with Crippen LogP contribution in [0.5, 0.6) is 5.75 Å². The van der Waals surface area contributed by atoms with E-state index in [1.165, 1.54) is 5.56 Å². The lowest BCUT2D eigenvalue weighted by Crippen LogP contribution is -3.00. The Balaban J connectivity index is 0.00000288. The van der Waals surface area contributed by atoms with Crippen molar-refractivity contribution in [2.45, 2.75) is 45.3 Å². The average molecular weight is 350 g/mol. The fourth-order valence-corrected chi connectivity index (χ4v) is 2.84. The Bertz CT molecular complexity index is 604. The lowest BCUT2D eigenvalue weighted by molar-refractivity contribution is -0.694. The standard InChI is InChI=1S/C20H27NO2.ClH/c1-3-17-14-18(11-12-19(17)22)20(23)15(2)21-13-7-10-16-8-5-4-6-9-16;/h4-6,8-9,11-12,14-15,20-23H,3,7,10,13H2,1-2H3;1H. The number of hydrogen-bond acceptors (Lipinski definition) is 2. The zero-order valence-corrected chi connectivity index (χ0v) is 15.2. The number of aromatic hydroxyl groups is 1. The molecule has 2 aromatic rings. The van der Waals surface area contributed by atoms with Crippen LogP contribution in [0, 0.1) is 0 Å². The van der Waals surface area contributed by atoms with Gasteiger partial charge in [-0.3, -0.25) is 0 Å². The van der Waals surface area contributed by atoms with Crippen LogP contribution in [0.2, 0.25) is 0 Å². The van der Waals surface area contributed by atoms with Crippen molar-refractivity contribution in [3.8, 4) is 5.75 Å². The number of rotatable bonds is 8. The van der Waals surface area contributed by atoms with Crippen LogP contribution in [0.1, 0.15) is 43.1 Å². The number of aliphatic hydroxyl groups is 1. The van der Waals surface area contributed by atoms with Gasteiger partial charge in [0, 0.05) is 6.42 Å². The molecule has 24 heavy (non-hydrogen) atoms. The van der Waals surface area contributed by atoms with Gasteiger partial charge < -0.3 is 27.9 Å². The van der Waals surface area contributed by atoms with Gasteiger partial charge in [-0.2, -0.15) is 0 Å². The molecule has 0 fully saturated rings. The minimum absolute atomic E-state index is 0. The van der Waals surface area contributed by atoms with Crippen molar-refractivity contribution in [2.75, 3.05) is 6.54 Å². The van der Waals surface area contributed by atoms with Crippen LogP contribution in [-0.2, 0) is 12.8 Å². The molecule has 0 saturated carbocycles. The van der Waals surface area contributed by atoms with Crippen LogP contribution in [-0.4, -0.2) is 22.8 Å². The van der Waals surface area contributed by atoms with Crippen LogP contribution in [0.15, 0.2) is 48.5 Å². The number of benzene rings is 2. The van der Waals surface area contributed by atoms with E-state index in [-0.39, 0.29) is 18.4 Å². The third-order valence-corrected chi connectivity index (χ3v) is 4.37. The summed E-state index contributed by atoms with van der Waals surface area (Å²) in [6.07, 6.45) is 2.41. The Morgan fingerprint density at radius 3 is 2.46 bits per heavy atom. The second-order valence-corrected chi connectivity index (χ2v) is 6.16. The van der Waals surface area contributed by atoms with Crippen molar-refractivity contribution < 1.29 is 27.9 Å². The van der Waals surface area contributed by atoms with Gasteiger partial charge in [-0.25, -0.2) is 0 Å². The van der Waals surface area contributed by atoms with Crippen molar-refractivity contribution >= 4 is 0 Å². The topological polar surface area (TPSA) is 57.1 Å². The summed E-state index contributed by atoms with van der Waals surface area (Å²) in [5.74, 6) is 0.308. The number of aliphatic hydroxyl groups excluding tert-OH is 1. The van der Waals surface area contributed by atoms with Crippen molar-refractivity contribution in [1.29, 1.82) is 0 Å². The molecule has 4 heteroatoms. The Morgan fingerprint density at radius 2 is 1.79 bits per heavy atom. The Hall–Kier alpha value is -1.55. The summed E-state index contributed by atoms with van der Waals surface area (Å²) in [6, 6.07) is 16.0. The molecule has 0 aliphatic carbocycles. The summed E-state index contributed by atoms with van der Waals surface area (Å²) in [4.78, 5) is 0. The van der Waals surface area contributed by atoms with E-state index in [1.807, 2.05) is 32.0 Å². The van der Waals surface area contributed by atoms with E-state index < -0.39 is 6.10 Å². The molecular formula is C20H28ClNO2. The maximum atomic E-state index is 10.5. The number of phenols is 1. The first-order chi connectivity index (χ1) is 11.1. The van der Waals surface area contributed by atoms with Gasteiger partial charge in [0.05, 0.1) is 6.54 Å². The first-order valence-corrected chi connectivity index (χ1v) is 8.49. The van der Waals surface area contributed by atoms with Gasteiger partial charge in [-0.1, -0.05) is 43.3 Å². The molecule has 2 unspecified atom stereocenters. The summed E-state index contributed by atoms with van der Waals surface area (Å²) in [5.41, 5.74) is 3.13. The highest BCUT2D eigenvalue weighted by Crippen LogP contribution is 2.23. The number of quaternary nitrogens is 1. The third kappa shape index (κ3) is 5.82. The monoisotopic (exact) mass is 349 g/mol. The van der Waals surface area contributed by atoms with Crippen LogP contribution >= 0.6 is 0 Å². The highest BCUT2D eigenvalue weighted by atomic mass is 35.5. The molecule has 4 N–H and O–H groups in total. The molecule has 0 heterocycles. The minimum atomic E-state index is -0.516. The van der Waals surface area contributed by atoms with Gasteiger partial charge in [-0.05, 0) is 48.6 Å². The number of nitrogens with two attached hydrogens (primary N) is 1. The number of halogens is 1. The molecule has 0 amide bonds. The van der Waals surface area contributed by atoms with Gasteiger partial charge in [0.25, 0.3) is 0 Å². The van der Waals surface area contributed by atoms with Gasteiger partial charge in [0.2, 0.25) is 0 Å². The molecule has 2 atom stereocenters. The van der Waals surface area contributed by atoms with Gasteiger partial charge >= 0.3 is 0 Å². The second kappa shape index (κ2) is 10.3. The summed E-state index contributed by atoms with van der Waals surface area (Å²) in [5, 5.41) is 22.5. The van der Waals surface area contributed by atoms with E-state index in [0.29, 0.717) is 5.75 Å². The molecule has 0 saturated heterocycles. The fraction of sp³-hybridized carbons (Fsp3) is 0.400. The Kier molecular flexibility index (Phi) is 8.83. The van der Waals surface area contributed by atoms with Gasteiger partial charge in [-0.15, -0.1) is 0 Å². The van der Waals surface area contributed by atoms with E-state index in [2.05, 4.69) is 29.6 Å². The maximum Gasteiger partial charge on any atom is 0.130 e. The van der Waals surface area contributed by atoms with Crippen LogP contribution < -0.4 is 17.7 Å². The van der Waals surface area contributed by atoms with Crippen molar-refractivity contribution in [3.05, 3.63) is 65.2 Å². The van der Waals surface area contributed by atoms with E-state index in [1.54, 1.807) is 6.07 Å². The summed E-state index contributed by atoms with van der Waals surface area (Å²) in [7, 11) is 0. The zero-order chi connectivity index (χ0) is 16.7. The van der Waals surface area contributed by atoms with Crippen LogP contribution in [0.25, 0.3) is 0 Å². The molecule has 0 aliphatic heterocycles. The molecule has 0 radical (unpaired) electrons. The molecule has 0 bridgehead atoms. The van der Waals surface area contributed by atoms with Crippen molar-refractivity contribution in [2.24, 2.45) is 0 Å². The molecule has 0 aliphatic rings. The molecule has 3 nitrogen and oxygen atoms in total. The van der Waals surface area contributed by atoms with Crippen molar-refractivity contribution in [1.82, 2.24) is 0 Å². The number of aryl methyl sites for hydroxylation is 2. The van der Waals surface area contributed by atoms with E-state index in [9.17, 15) is 10.2 Å². The quantitative estimate of drug-likeness (QED) is 0.567. The third-order valence-electron chi connectivity index (χ3n) is 4.37. The fourth-order valence-electron chi connectivity index (χ4n) is 2.84. The lowest BCUT2D eigenvalue weighted by atomic mass is 9.99. The van der Waals surface area contributed by atoms with E-state index in [0.717, 1.165) is 36.9 Å². The predicted molar refractivity (Wildman–Crippen MR) is 93.5 cm³/mol. The SMILES string of the molecule is CCc1cc(C(O)C(C)[NH2+]CCCc2ccccc2)ccc1O.[Cl-]. The van der Waals surface area contributed by atoms with Crippen LogP contribution in [0.4, 0.5) is 0 Å².